The number of nitrogens with one attached hydrogen (secondary N) is 1. The number of benzene rings is 1. The minimum Gasteiger partial charge on any atom is -0.467 e. The van der Waals surface area contributed by atoms with E-state index in [1.165, 1.54) is 12.1 Å². The van der Waals surface area contributed by atoms with Crippen molar-refractivity contribution >= 4 is 41.5 Å². The molecule has 0 atom stereocenters. The zero-order valence-electron chi connectivity index (χ0n) is 17.5. The van der Waals surface area contributed by atoms with E-state index in [1.54, 1.807) is 22.8 Å². The number of fused-ring (bicyclic) bond motifs is 1. The lowest BCUT2D eigenvalue weighted by Gasteiger charge is -2.35. The van der Waals surface area contributed by atoms with Crippen LogP contribution in [0.4, 0.5) is 10.1 Å². The first-order valence-corrected chi connectivity index (χ1v) is 9.81. The molecule has 168 valence electrons. The van der Waals surface area contributed by atoms with Crippen LogP contribution in [-0.2, 0) is 29.6 Å². The highest BCUT2D eigenvalue weighted by Gasteiger charge is 2.27. The molecule has 1 N–H and O–H groups in total. The quantitative estimate of drug-likeness (QED) is 0.357. The van der Waals surface area contributed by atoms with Crippen LogP contribution < -0.4 is 15.0 Å². The van der Waals surface area contributed by atoms with Crippen molar-refractivity contribution in [3.05, 3.63) is 41.5 Å². The number of guanidine groups is 1. The molecule has 0 unspecified atom stereocenters. The second-order valence-electron chi connectivity index (χ2n) is 7.23. The normalized spacial score (nSPS) is 16.5. The van der Waals surface area contributed by atoms with Gasteiger partial charge in [-0.1, -0.05) is 0 Å². The summed E-state index contributed by atoms with van der Waals surface area (Å²) in [5, 5.41) is 7.40. The maximum atomic E-state index is 13.9. The van der Waals surface area contributed by atoms with Crippen LogP contribution >= 0.6 is 24.0 Å². The number of carbonyl (C=O) groups excluding carboxylic acids is 1. The molecule has 31 heavy (non-hydrogen) atoms. The van der Waals surface area contributed by atoms with Crippen molar-refractivity contribution in [3.63, 3.8) is 0 Å². The van der Waals surface area contributed by atoms with E-state index in [9.17, 15) is 9.18 Å². The Morgan fingerprint density at radius 2 is 2.19 bits per heavy atom. The number of amides is 1. The number of hydrogen-bond donors (Lipinski definition) is 1. The second kappa shape index (κ2) is 10.3. The Morgan fingerprint density at radius 3 is 2.90 bits per heavy atom. The summed E-state index contributed by atoms with van der Waals surface area (Å²) in [5.41, 5.74) is 2.30. The average molecular weight is 544 g/mol. The van der Waals surface area contributed by atoms with E-state index in [4.69, 9.17) is 9.47 Å². The number of aliphatic imine (C=N–C) groups is 1. The van der Waals surface area contributed by atoms with E-state index in [0.717, 1.165) is 16.8 Å². The summed E-state index contributed by atoms with van der Waals surface area (Å²) in [6.45, 7) is 2.48. The number of hydrogen-bond acceptors (Lipinski definition) is 5. The summed E-state index contributed by atoms with van der Waals surface area (Å²) in [6, 6.07) is 2.93. The molecule has 1 aromatic heterocycles. The Hall–Kier alpha value is -2.41. The maximum Gasteiger partial charge on any atom is 0.246 e. The Kier molecular flexibility index (Phi) is 7.70. The van der Waals surface area contributed by atoms with Gasteiger partial charge < -0.3 is 24.6 Å². The van der Waals surface area contributed by atoms with E-state index in [0.29, 0.717) is 44.4 Å². The molecule has 2 aliphatic heterocycles. The van der Waals surface area contributed by atoms with E-state index < -0.39 is 0 Å². The molecular weight excluding hydrogens is 518 g/mol. The predicted octanol–water partition coefficient (Wildman–Crippen LogP) is 1.51. The van der Waals surface area contributed by atoms with Crippen molar-refractivity contribution in [1.82, 2.24) is 20.0 Å². The van der Waals surface area contributed by atoms with Gasteiger partial charge in [-0.3, -0.25) is 14.5 Å². The lowest BCUT2D eigenvalue weighted by molar-refractivity contribution is -0.120. The Morgan fingerprint density at radius 1 is 1.35 bits per heavy atom. The third-order valence-corrected chi connectivity index (χ3v) is 5.16. The molecule has 9 nitrogen and oxygen atoms in total. The van der Waals surface area contributed by atoms with Crippen molar-refractivity contribution < 1.29 is 18.7 Å². The summed E-state index contributed by atoms with van der Waals surface area (Å²) in [5.74, 6) is 1.02. The highest BCUT2D eigenvalue weighted by atomic mass is 127. The van der Waals surface area contributed by atoms with Crippen LogP contribution in [0.15, 0.2) is 29.5 Å². The van der Waals surface area contributed by atoms with Gasteiger partial charge >= 0.3 is 0 Å². The zero-order valence-corrected chi connectivity index (χ0v) is 19.8. The smallest absolute Gasteiger partial charge is 0.246 e. The van der Waals surface area contributed by atoms with Crippen LogP contribution in [0.25, 0.3) is 0 Å². The fourth-order valence-electron chi connectivity index (χ4n) is 3.76. The third-order valence-electron chi connectivity index (χ3n) is 5.16. The van der Waals surface area contributed by atoms with Gasteiger partial charge in [-0.25, -0.2) is 4.39 Å². The average Bonchev–Trinajstić information content (AvgIpc) is 3.17. The summed E-state index contributed by atoms with van der Waals surface area (Å²) in [7, 11) is 3.51. The lowest BCUT2D eigenvalue weighted by Crippen LogP contribution is -2.55. The van der Waals surface area contributed by atoms with Gasteiger partial charge in [0, 0.05) is 45.5 Å². The summed E-state index contributed by atoms with van der Waals surface area (Å²) in [4.78, 5) is 20.6. The Bertz CT molecular complexity index is 966. The number of aromatic nitrogens is 2. The molecule has 11 heteroatoms. The van der Waals surface area contributed by atoms with E-state index >= 15 is 0 Å². The number of rotatable bonds is 4. The van der Waals surface area contributed by atoms with Gasteiger partial charge in [0.15, 0.2) is 12.8 Å². The minimum absolute atomic E-state index is 0. The van der Waals surface area contributed by atoms with E-state index in [2.05, 4.69) is 15.4 Å². The first-order chi connectivity index (χ1) is 14.5. The van der Waals surface area contributed by atoms with Gasteiger partial charge in [-0.15, -0.1) is 24.0 Å². The van der Waals surface area contributed by atoms with Gasteiger partial charge in [-0.2, -0.15) is 5.10 Å². The van der Waals surface area contributed by atoms with Crippen molar-refractivity contribution in [2.75, 3.05) is 44.9 Å². The number of ether oxygens (including phenoxy) is 2. The maximum absolute atomic E-state index is 13.9. The molecule has 0 radical (unpaired) electrons. The van der Waals surface area contributed by atoms with Gasteiger partial charge in [0.05, 0.1) is 18.5 Å². The molecule has 3 heterocycles. The lowest BCUT2D eigenvalue weighted by atomic mass is 10.1. The van der Waals surface area contributed by atoms with E-state index in [1.807, 2.05) is 18.1 Å². The number of halogens is 2. The van der Waals surface area contributed by atoms with Crippen molar-refractivity contribution in [3.8, 4) is 5.75 Å². The van der Waals surface area contributed by atoms with Crippen LogP contribution in [0.3, 0.4) is 0 Å². The summed E-state index contributed by atoms with van der Waals surface area (Å²) in [6.07, 6.45) is 4.07. The predicted molar refractivity (Wildman–Crippen MR) is 124 cm³/mol. The number of anilines is 1. The minimum atomic E-state index is -0.306. The topological polar surface area (TPSA) is 84.2 Å². The molecule has 2 aromatic rings. The van der Waals surface area contributed by atoms with E-state index in [-0.39, 0.29) is 49.0 Å². The van der Waals surface area contributed by atoms with Crippen LogP contribution in [-0.4, -0.2) is 66.6 Å². The monoisotopic (exact) mass is 544 g/mol. The number of piperazine rings is 1. The standard InChI is InChI=1S/C20H25FN6O3.HI/c1-22-20(26-5-6-27(18(28)11-26)17-9-24-25(2)10-17)23-4-3-14-7-16(21)8-15-12-29-13-30-19(14)15;/h7-10H,3-6,11-13H2,1-2H3,(H,22,23);1H. The van der Waals surface area contributed by atoms with Crippen molar-refractivity contribution in [1.29, 1.82) is 0 Å². The van der Waals surface area contributed by atoms with Gasteiger partial charge in [-0.05, 0) is 24.1 Å². The Labute approximate surface area is 197 Å². The van der Waals surface area contributed by atoms with Gasteiger partial charge in [0.2, 0.25) is 5.91 Å². The molecular formula is C20H26FIN6O3. The molecule has 4 rings (SSSR count). The second-order valence-corrected chi connectivity index (χ2v) is 7.23. The van der Waals surface area contributed by atoms with Crippen LogP contribution in [0.2, 0.25) is 0 Å². The highest BCUT2D eigenvalue weighted by Crippen LogP contribution is 2.29. The SMILES string of the molecule is CN=C(NCCc1cc(F)cc2c1OCOC2)N1CCN(c2cnn(C)c2)C(=O)C1.I. The molecule has 1 amide bonds. The highest BCUT2D eigenvalue weighted by molar-refractivity contribution is 14.0. The molecule has 2 aliphatic rings. The first kappa shape index (κ1) is 23.3. The number of carbonyl (C=O) groups is 1. The van der Waals surface area contributed by atoms with Crippen LogP contribution in [0, 0.1) is 5.82 Å². The fraction of sp³-hybridized carbons (Fsp3) is 0.450. The van der Waals surface area contributed by atoms with Gasteiger partial charge in [0.25, 0.3) is 0 Å². The summed E-state index contributed by atoms with van der Waals surface area (Å²) >= 11 is 0. The first-order valence-electron chi connectivity index (χ1n) is 9.81. The molecule has 0 saturated carbocycles. The molecule has 1 saturated heterocycles. The summed E-state index contributed by atoms with van der Waals surface area (Å²) < 4.78 is 26.4. The molecule has 1 aromatic carbocycles. The third kappa shape index (κ3) is 5.26. The molecule has 0 spiro atoms. The molecule has 0 aliphatic carbocycles. The molecule has 0 bridgehead atoms. The Balaban J connectivity index is 0.00000272. The largest absolute Gasteiger partial charge is 0.467 e. The van der Waals surface area contributed by atoms with Gasteiger partial charge in [0.1, 0.15) is 18.1 Å². The number of nitrogens with zero attached hydrogens (tertiary/aromatic N) is 5. The van der Waals surface area contributed by atoms with Crippen molar-refractivity contribution in [2.24, 2.45) is 12.0 Å². The van der Waals surface area contributed by atoms with Crippen molar-refractivity contribution in [2.45, 2.75) is 13.0 Å². The number of aryl methyl sites for hydroxylation is 1. The zero-order chi connectivity index (χ0) is 21.1. The molecule has 1 fully saturated rings. The van der Waals surface area contributed by atoms with Crippen LogP contribution in [0.5, 0.6) is 5.75 Å². The fourth-order valence-corrected chi connectivity index (χ4v) is 3.76. The van der Waals surface area contributed by atoms with Crippen LogP contribution in [0.1, 0.15) is 11.1 Å².